The van der Waals surface area contributed by atoms with Crippen LogP contribution in [0.25, 0.3) is 0 Å². The first-order valence-electron chi connectivity index (χ1n) is 10.9. The van der Waals surface area contributed by atoms with Gasteiger partial charge < -0.3 is 19.7 Å². The molecule has 31 heavy (non-hydrogen) atoms. The van der Waals surface area contributed by atoms with E-state index in [0.717, 1.165) is 24.0 Å². The van der Waals surface area contributed by atoms with E-state index in [9.17, 15) is 9.59 Å². The molecular formula is C25H34N2O4. The number of rotatable bonds is 12. The molecule has 2 aromatic rings. The summed E-state index contributed by atoms with van der Waals surface area (Å²) in [5.74, 6) is 0.682. The highest BCUT2D eigenvalue weighted by molar-refractivity contribution is 5.88. The van der Waals surface area contributed by atoms with Gasteiger partial charge in [0, 0.05) is 13.1 Å². The molecule has 6 heteroatoms. The van der Waals surface area contributed by atoms with Gasteiger partial charge in [0.15, 0.2) is 18.1 Å². The third-order valence-electron chi connectivity index (χ3n) is 5.24. The van der Waals surface area contributed by atoms with Crippen LogP contribution in [0.15, 0.2) is 48.5 Å². The Morgan fingerprint density at radius 1 is 1.03 bits per heavy atom. The molecule has 168 valence electrons. The van der Waals surface area contributed by atoms with Gasteiger partial charge in [0.1, 0.15) is 6.04 Å². The number of hydrogen-bond acceptors (Lipinski definition) is 4. The predicted octanol–water partition coefficient (Wildman–Crippen LogP) is 4.11. The second-order valence-corrected chi connectivity index (χ2v) is 7.46. The molecule has 1 unspecified atom stereocenters. The van der Waals surface area contributed by atoms with Gasteiger partial charge in [-0.25, -0.2) is 0 Å². The summed E-state index contributed by atoms with van der Waals surface area (Å²) in [4.78, 5) is 27.7. The smallest absolute Gasteiger partial charge is 0.261 e. The van der Waals surface area contributed by atoms with Crippen LogP contribution in [0.2, 0.25) is 0 Å². The number of nitrogens with zero attached hydrogens (tertiary/aromatic N) is 1. The normalized spacial score (nSPS) is 11.5. The Balaban J connectivity index is 2.21. The van der Waals surface area contributed by atoms with E-state index < -0.39 is 6.04 Å². The van der Waals surface area contributed by atoms with Gasteiger partial charge in [0.2, 0.25) is 5.91 Å². The molecule has 1 N–H and O–H groups in total. The maximum atomic E-state index is 13.2. The Kier molecular flexibility index (Phi) is 9.88. The van der Waals surface area contributed by atoms with E-state index in [4.69, 9.17) is 9.47 Å². The molecule has 0 aliphatic heterocycles. The topological polar surface area (TPSA) is 67.9 Å². The van der Waals surface area contributed by atoms with Crippen molar-refractivity contribution in [3.8, 4) is 11.5 Å². The van der Waals surface area contributed by atoms with E-state index in [2.05, 4.69) is 12.2 Å². The molecule has 1 atom stereocenters. The number of hydrogen-bond donors (Lipinski definition) is 1. The third-order valence-corrected chi connectivity index (χ3v) is 5.24. The minimum Gasteiger partial charge on any atom is -0.493 e. The second-order valence-electron chi connectivity index (χ2n) is 7.46. The molecular weight excluding hydrogens is 392 g/mol. The maximum absolute atomic E-state index is 13.2. The fraction of sp³-hybridized carbons (Fsp3) is 0.440. The minimum atomic E-state index is -0.565. The number of carbonyl (C=O) groups is 2. The molecule has 0 saturated carbocycles. The highest BCUT2D eigenvalue weighted by atomic mass is 16.5. The van der Waals surface area contributed by atoms with Gasteiger partial charge in [-0.1, -0.05) is 56.7 Å². The van der Waals surface area contributed by atoms with Crippen LogP contribution in [-0.2, 0) is 16.1 Å². The van der Waals surface area contributed by atoms with Gasteiger partial charge in [-0.15, -0.1) is 0 Å². The van der Waals surface area contributed by atoms with Gasteiger partial charge >= 0.3 is 0 Å². The maximum Gasteiger partial charge on any atom is 0.261 e. The Labute approximate surface area is 185 Å². The zero-order valence-electron chi connectivity index (χ0n) is 19.0. The molecule has 0 aliphatic carbocycles. The summed E-state index contributed by atoms with van der Waals surface area (Å²) in [6.45, 7) is 6.78. The van der Waals surface area contributed by atoms with Crippen LogP contribution in [0.3, 0.4) is 0 Å². The summed E-state index contributed by atoms with van der Waals surface area (Å²) in [6, 6.07) is 14.5. The van der Waals surface area contributed by atoms with E-state index in [1.165, 1.54) is 0 Å². The van der Waals surface area contributed by atoms with Crippen molar-refractivity contribution in [1.29, 1.82) is 0 Å². The van der Waals surface area contributed by atoms with Crippen molar-refractivity contribution in [1.82, 2.24) is 10.2 Å². The lowest BCUT2D eigenvalue weighted by atomic mass is 10.1. The van der Waals surface area contributed by atoms with Crippen LogP contribution < -0.4 is 14.8 Å². The number of unbranched alkanes of at least 4 members (excludes halogenated alkanes) is 1. The van der Waals surface area contributed by atoms with E-state index in [0.29, 0.717) is 31.0 Å². The van der Waals surface area contributed by atoms with E-state index in [1.54, 1.807) is 24.1 Å². The zero-order chi connectivity index (χ0) is 22.6. The zero-order valence-corrected chi connectivity index (χ0v) is 19.0. The predicted molar refractivity (Wildman–Crippen MR) is 122 cm³/mol. The molecule has 2 amide bonds. The summed E-state index contributed by atoms with van der Waals surface area (Å²) < 4.78 is 11.1. The number of aryl methyl sites for hydroxylation is 1. The first-order valence-corrected chi connectivity index (χ1v) is 10.9. The highest BCUT2D eigenvalue weighted by Gasteiger charge is 2.29. The fourth-order valence-electron chi connectivity index (χ4n) is 3.36. The van der Waals surface area contributed by atoms with Gasteiger partial charge in [-0.2, -0.15) is 0 Å². The third kappa shape index (κ3) is 7.02. The summed E-state index contributed by atoms with van der Waals surface area (Å²) in [7, 11) is 1.56. The van der Waals surface area contributed by atoms with Crippen LogP contribution in [0, 0.1) is 6.92 Å². The van der Waals surface area contributed by atoms with Crippen LogP contribution in [0.4, 0.5) is 0 Å². The first kappa shape index (κ1) is 24.3. The Morgan fingerprint density at radius 3 is 2.35 bits per heavy atom. The average Bonchev–Trinajstić information content (AvgIpc) is 2.79. The number of amides is 2. The largest absolute Gasteiger partial charge is 0.493 e. The van der Waals surface area contributed by atoms with E-state index in [1.807, 2.05) is 50.2 Å². The Bertz CT molecular complexity index is 853. The number of methoxy groups -OCH3 is 1. The molecule has 2 aromatic carbocycles. The summed E-state index contributed by atoms with van der Waals surface area (Å²) >= 11 is 0. The second kappa shape index (κ2) is 12.6. The minimum absolute atomic E-state index is 0.129. The average molecular weight is 427 g/mol. The number of carbonyl (C=O) groups excluding carboxylic acids is 2. The summed E-state index contributed by atoms with van der Waals surface area (Å²) in [6.07, 6.45) is 2.42. The number of nitrogens with one attached hydrogen (secondary N) is 1. The van der Waals surface area contributed by atoms with Crippen LogP contribution >= 0.6 is 0 Å². The molecule has 0 saturated heterocycles. The van der Waals surface area contributed by atoms with Crippen molar-refractivity contribution in [3.05, 3.63) is 59.7 Å². The van der Waals surface area contributed by atoms with Crippen LogP contribution in [-0.4, -0.2) is 43.0 Å². The molecule has 0 heterocycles. The Morgan fingerprint density at radius 2 is 1.71 bits per heavy atom. The van der Waals surface area contributed by atoms with Gasteiger partial charge in [-0.3, -0.25) is 9.59 Å². The molecule has 0 bridgehead atoms. The van der Waals surface area contributed by atoms with Gasteiger partial charge in [0.05, 0.1) is 7.11 Å². The van der Waals surface area contributed by atoms with Crippen LogP contribution in [0.5, 0.6) is 11.5 Å². The molecule has 0 spiro atoms. The quantitative estimate of drug-likeness (QED) is 0.519. The first-order chi connectivity index (χ1) is 15.0. The SMILES string of the molecule is CCCCNC(=O)C(CC)N(Cc1ccccc1C)C(=O)COc1ccccc1OC. The number of para-hydroxylation sites is 2. The van der Waals surface area contributed by atoms with Crippen molar-refractivity contribution >= 4 is 11.8 Å². The lowest BCUT2D eigenvalue weighted by Gasteiger charge is -2.31. The molecule has 0 aromatic heterocycles. The molecule has 0 aliphatic rings. The highest BCUT2D eigenvalue weighted by Crippen LogP contribution is 2.26. The van der Waals surface area contributed by atoms with Crippen molar-refractivity contribution < 1.29 is 19.1 Å². The van der Waals surface area contributed by atoms with Crippen molar-refractivity contribution in [2.75, 3.05) is 20.3 Å². The lowest BCUT2D eigenvalue weighted by molar-refractivity contribution is -0.143. The number of benzene rings is 2. The summed E-state index contributed by atoms with van der Waals surface area (Å²) in [5.41, 5.74) is 2.08. The van der Waals surface area contributed by atoms with Gasteiger partial charge in [-0.05, 0) is 43.0 Å². The molecule has 2 rings (SSSR count). The van der Waals surface area contributed by atoms with E-state index >= 15 is 0 Å². The fourth-order valence-corrected chi connectivity index (χ4v) is 3.36. The summed E-state index contributed by atoms with van der Waals surface area (Å²) in [5, 5.41) is 2.97. The van der Waals surface area contributed by atoms with E-state index in [-0.39, 0.29) is 18.4 Å². The standard InChI is InChI=1S/C25H34N2O4/c1-5-7-16-26-25(29)21(6-2)27(17-20-13-9-8-12-19(20)3)24(28)18-31-23-15-11-10-14-22(23)30-4/h8-15,21H,5-7,16-18H2,1-4H3,(H,26,29). The Hall–Kier alpha value is -3.02. The van der Waals surface area contributed by atoms with Crippen molar-refractivity contribution in [2.24, 2.45) is 0 Å². The lowest BCUT2D eigenvalue weighted by Crippen LogP contribution is -2.50. The van der Waals surface area contributed by atoms with Crippen molar-refractivity contribution in [2.45, 2.75) is 52.6 Å². The molecule has 0 radical (unpaired) electrons. The van der Waals surface area contributed by atoms with Crippen LogP contribution in [0.1, 0.15) is 44.2 Å². The monoisotopic (exact) mass is 426 g/mol. The van der Waals surface area contributed by atoms with Crippen molar-refractivity contribution in [3.63, 3.8) is 0 Å². The molecule has 6 nitrogen and oxygen atoms in total. The molecule has 0 fully saturated rings. The number of ether oxygens (including phenoxy) is 2. The van der Waals surface area contributed by atoms with Gasteiger partial charge in [0.25, 0.3) is 5.91 Å².